The van der Waals surface area contributed by atoms with Crippen molar-refractivity contribution in [1.82, 2.24) is 10.6 Å². The summed E-state index contributed by atoms with van der Waals surface area (Å²) in [6.45, 7) is 8.58. The third-order valence-electron chi connectivity index (χ3n) is 9.49. The highest BCUT2D eigenvalue weighted by Gasteiger charge is 2.46. The Bertz CT molecular complexity index is 1710. The molecule has 0 aromatic heterocycles. The van der Waals surface area contributed by atoms with Crippen molar-refractivity contribution in [2.75, 3.05) is 25.7 Å². The Morgan fingerprint density at radius 1 is 0.712 bits per heavy atom. The number of nitrogens with one attached hydrogen (secondary N) is 2. The fraction of sp³-hybridized carbons (Fsp3) is 0.386. The molecule has 7 nitrogen and oxygen atoms in total. The smallest absolute Gasteiger partial charge is 0.329 e. The molecule has 4 rings (SSSR count). The van der Waals surface area contributed by atoms with Crippen molar-refractivity contribution in [2.24, 2.45) is 0 Å². The lowest BCUT2D eigenvalue weighted by Gasteiger charge is -2.37. The SMILES string of the molecule is COC(=O)CC[C@H](NC1(c2ccccc2)c2ccccc2-c2ccccc21)C(=O)N[C@@H](CSC/C=C(\C)CC/C=C(\C)CCC=C(C)C)C(=O)OC. The van der Waals surface area contributed by atoms with Gasteiger partial charge in [-0.05, 0) is 87.6 Å². The van der Waals surface area contributed by atoms with E-state index in [0.717, 1.165) is 53.5 Å². The molecule has 2 atom stereocenters. The maximum Gasteiger partial charge on any atom is 0.329 e. The van der Waals surface area contributed by atoms with Gasteiger partial charge in [0, 0.05) is 17.9 Å². The molecule has 1 aliphatic carbocycles. The maximum atomic E-state index is 14.3. The van der Waals surface area contributed by atoms with Gasteiger partial charge in [-0.15, -0.1) is 0 Å². The van der Waals surface area contributed by atoms with E-state index in [0.29, 0.717) is 11.5 Å². The average Bonchev–Trinajstić information content (AvgIpc) is 3.44. The molecule has 0 saturated heterocycles. The van der Waals surface area contributed by atoms with Gasteiger partial charge < -0.3 is 14.8 Å². The van der Waals surface area contributed by atoms with Crippen molar-refractivity contribution in [3.8, 4) is 11.1 Å². The minimum absolute atomic E-state index is 0.0155. The normalized spacial score (nSPS) is 14.4. The van der Waals surface area contributed by atoms with E-state index in [1.165, 1.54) is 30.9 Å². The zero-order valence-electron chi connectivity index (χ0n) is 31.5. The molecule has 0 fully saturated rings. The summed E-state index contributed by atoms with van der Waals surface area (Å²) in [6, 6.07) is 24.7. The molecule has 8 heteroatoms. The molecule has 0 unspecified atom stereocenters. The number of carbonyl (C=O) groups is 3. The fourth-order valence-electron chi connectivity index (χ4n) is 6.68. The van der Waals surface area contributed by atoms with Crippen LogP contribution in [0.1, 0.15) is 82.9 Å². The number of fused-ring (bicyclic) bond motifs is 3. The molecule has 0 saturated carbocycles. The van der Waals surface area contributed by atoms with Crippen molar-refractivity contribution >= 4 is 29.6 Å². The van der Waals surface area contributed by atoms with Crippen LogP contribution in [0, 0.1) is 0 Å². The van der Waals surface area contributed by atoms with Gasteiger partial charge in [-0.3, -0.25) is 14.9 Å². The predicted octanol–water partition coefficient (Wildman–Crippen LogP) is 8.68. The van der Waals surface area contributed by atoms with Crippen LogP contribution in [-0.4, -0.2) is 55.7 Å². The van der Waals surface area contributed by atoms with Crippen LogP contribution < -0.4 is 10.6 Å². The lowest BCUT2D eigenvalue weighted by atomic mass is 9.79. The highest BCUT2D eigenvalue weighted by atomic mass is 32.2. The standard InChI is InChI=1S/C44H54N2O5S/c1-31(2)16-14-17-32(3)18-15-19-33(4)28-29-52-30-40(43(49)51-6)45-42(48)39(26-27-41(47)50-5)46-44(34-20-8-7-9-21-34)37-24-12-10-22-35(37)36-23-11-13-25-38(36)44/h7-13,16,18,20-25,28,39-40,46H,14-15,17,19,26-27,29-30H2,1-6H3,(H,45,48)/b32-18+,33-28+/t39-,40-/m0/s1. The quantitative estimate of drug-likeness (QED) is 0.0727. The molecule has 3 aromatic rings. The Hall–Kier alpha value is -4.40. The molecule has 3 aromatic carbocycles. The lowest BCUT2D eigenvalue weighted by Crippen LogP contribution is -2.57. The molecule has 0 aliphatic heterocycles. The first-order valence-corrected chi connectivity index (χ1v) is 19.3. The second kappa shape index (κ2) is 20.0. The summed E-state index contributed by atoms with van der Waals surface area (Å²) in [7, 11) is 2.67. The molecule has 0 heterocycles. The topological polar surface area (TPSA) is 93.7 Å². The lowest BCUT2D eigenvalue weighted by molar-refractivity contribution is -0.145. The summed E-state index contributed by atoms with van der Waals surface area (Å²) in [5.74, 6) is -0.290. The van der Waals surface area contributed by atoms with E-state index < -0.39 is 35.5 Å². The van der Waals surface area contributed by atoms with Gasteiger partial charge in [0.1, 0.15) is 6.04 Å². The van der Waals surface area contributed by atoms with Gasteiger partial charge in [0.15, 0.2) is 0 Å². The number of carbonyl (C=O) groups excluding carboxylic acids is 3. The van der Waals surface area contributed by atoms with Crippen molar-refractivity contribution in [3.63, 3.8) is 0 Å². The monoisotopic (exact) mass is 722 g/mol. The van der Waals surface area contributed by atoms with Crippen LogP contribution in [0.3, 0.4) is 0 Å². The second-order valence-electron chi connectivity index (χ2n) is 13.6. The summed E-state index contributed by atoms with van der Waals surface area (Å²) in [6.07, 6.45) is 11.1. The van der Waals surface area contributed by atoms with Gasteiger partial charge in [-0.25, -0.2) is 4.79 Å². The van der Waals surface area contributed by atoms with E-state index in [9.17, 15) is 14.4 Å². The summed E-state index contributed by atoms with van der Waals surface area (Å²) >= 11 is 1.56. The minimum Gasteiger partial charge on any atom is -0.469 e. The third kappa shape index (κ3) is 10.6. The zero-order chi connectivity index (χ0) is 37.5. The maximum absolute atomic E-state index is 14.3. The zero-order valence-corrected chi connectivity index (χ0v) is 32.3. The number of hydrogen-bond acceptors (Lipinski definition) is 7. The van der Waals surface area contributed by atoms with E-state index in [4.69, 9.17) is 9.47 Å². The Balaban J connectivity index is 1.52. The molecule has 0 spiro atoms. The molecular formula is C44H54N2O5S. The van der Waals surface area contributed by atoms with Gasteiger partial charge in [0.2, 0.25) is 5.91 Å². The Kier molecular flexibility index (Phi) is 15.5. The number of ether oxygens (including phenoxy) is 2. The summed E-state index contributed by atoms with van der Waals surface area (Å²) in [4.78, 5) is 39.7. The molecule has 2 N–H and O–H groups in total. The van der Waals surface area contributed by atoms with E-state index >= 15 is 0 Å². The first kappa shape index (κ1) is 40.4. The largest absolute Gasteiger partial charge is 0.469 e. The Labute approximate surface area is 314 Å². The van der Waals surface area contributed by atoms with E-state index in [1.54, 1.807) is 11.8 Å². The predicted molar refractivity (Wildman–Crippen MR) is 213 cm³/mol. The number of amides is 1. The van der Waals surface area contributed by atoms with Gasteiger partial charge in [0.25, 0.3) is 0 Å². The third-order valence-corrected chi connectivity index (χ3v) is 10.5. The van der Waals surface area contributed by atoms with Crippen molar-refractivity contribution in [1.29, 1.82) is 0 Å². The van der Waals surface area contributed by atoms with Crippen molar-refractivity contribution < 1.29 is 23.9 Å². The van der Waals surface area contributed by atoms with Gasteiger partial charge in [-0.2, -0.15) is 11.8 Å². The van der Waals surface area contributed by atoms with Crippen molar-refractivity contribution in [2.45, 2.75) is 83.8 Å². The molecule has 276 valence electrons. The Morgan fingerprint density at radius 3 is 1.88 bits per heavy atom. The minimum atomic E-state index is -0.899. The number of hydrogen-bond donors (Lipinski definition) is 2. The molecular weight excluding hydrogens is 669 g/mol. The molecule has 0 radical (unpaired) electrons. The molecule has 1 aliphatic rings. The second-order valence-corrected chi connectivity index (χ2v) is 14.7. The van der Waals surface area contributed by atoms with Crippen LogP contribution >= 0.6 is 11.8 Å². The van der Waals surface area contributed by atoms with Gasteiger partial charge in [0.05, 0.1) is 25.8 Å². The van der Waals surface area contributed by atoms with Crippen LogP contribution in [0.25, 0.3) is 11.1 Å². The first-order chi connectivity index (χ1) is 25.1. The van der Waals surface area contributed by atoms with Crippen LogP contribution in [0.2, 0.25) is 0 Å². The number of allylic oxidation sites excluding steroid dienone is 5. The summed E-state index contributed by atoms with van der Waals surface area (Å²) in [5.41, 5.74) is 8.26. The number of methoxy groups -OCH3 is 2. The molecule has 1 amide bonds. The first-order valence-electron chi connectivity index (χ1n) is 18.1. The molecule has 0 bridgehead atoms. The van der Waals surface area contributed by atoms with E-state index in [2.05, 4.69) is 80.8 Å². The molecule has 52 heavy (non-hydrogen) atoms. The summed E-state index contributed by atoms with van der Waals surface area (Å²) < 4.78 is 10.1. The highest BCUT2D eigenvalue weighted by molar-refractivity contribution is 7.99. The van der Waals surface area contributed by atoms with E-state index in [-0.39, 0.29) is 12.8 Å². The number of thioether (sulfide) groups is 1. The number of esters is 2. The van der Waals surface area contributed by atoms with Crippen LogP contribution in [0.5, 0.6) is 0 Å². The summed E-state index contributed by atoms with van der Waals surface area (Å²) in [5, 5.41) is 6.71. The van der Waals surface area contributed by atoms with Crippen LogP contribution in [-0.2, 0) is 29.4 Å². The number of rotatable bonds is 19. The van der Waals surface area contributed by atoms with Gasteiger partial charge >= 0.3 is 11.9 Å². The highest BCUT2D eigenvalue weighted by Crippen LogP contribution is 2.51. The number of benzene rings is 3. The van der Waals surface area contributed by atoms with Crippen molar-refractivity contribution in [3.05, 3.63) is 131 Å². The average molecular weight is 723 g/mol. The fourth-order valence-corrected chi connectivity index (χ4v) is 7.67. The van der Waals surface area contributed by atoms with Crippen LogP contribution in [0.4, 0.5) is 0 Å². The van der Waals surface area contributed by atoms with Gasteiger partial charge in [-0.1, -0.05) is 114 Å². The Morgan fingerprint density at radius 2 is 1.29 bits per heavy atom. The van der Waals surface area contributed by atoms with E-state index in [1.807, 2.05) is 54.6 Å². The van der Waals surface area contributed by atoms with Crippen LogP contribution in [0.15, 0.2) is 114 Å².